The molecule has 0 spiro atoms. The molecule has 2 saturated carbocycles. The molecule has 15 heavy (non-hydrogen) atoms. The predicted octanol–water partition coefficient (Wildman–Crippen LogP) is 1.13. The summed E-state index contributed by atoms with van der Waals surface area (Å²) in [5.74, 6) is 2.41. The minimum absolute atomic E-state index is 0.212. The third-order valence-electron chi connectivity index (χ3n) is 4.30. The third kappa shape index (κ3) is 2.03. The van der Waals surface area contributed by atoms with E-state index in [1.165, 1.54) is 19.3 Å². The standard InChI is InChI=1S/C12H22N2O/c1-7(6-13)8(2)14-12(15)11-9-4-3-5-10(9)11/h7-11H,3-6,13H2,1-2H3,(H,14,15). The summed E-state index contributed by atoms with van der Waals surface area (Å²) < 4.78 is 0. The van der Waals surface area contributed by atoms with Gasteiger partial charge in [-0.2, -0.15) is 0 Å². The molecule has 2 fully saturated rings. The molecular formula is C12H22N2O. The van der Waals surface area contributed by atoms with Gasteiger partial charge in [-0.25, -0.2) is 0 Å². The molecule has 2 aliphatic rings. The Morgan fingerprint density at radius 2 is 2.00 bits per heavy atom. The summed E-state index contributed by atoms with van der Waals surface area (Å²) in [4.78, 5) is 11.9. The van der Waals surface area contributed by atoms with Crippen molar-refractivity contribution in [2.45, 2.75) is 39.2 Å². The molecule has 3 nitrogen and oxygen atoms in total. The molecule has 4 atom stereocenters. The van der Waals surface area contributed by atoms with Crippen molar-refractivity contribution in [3.05, 3.63) is 0 Å². The van der Waals surface area contributed by atoms with Crippen molar-refractivity contribution < 1.29 is 4.79 Å². The number of amides is 1. The maximum Gasteiger partial charge on any atom is 0.223 e. The van der Waals surface area contributed by atoms with Crippen LogP contribution in [0.2, 0.25) is 0 Å². The summed E-state index contributed by atoms with van der Waals surface area (Å²) in [5, 5.41) is 3.10. The van der Waals surface area contributed by atoms with Gasteiger partial charge in [0.05, 0.1) is 0 Å². The van der Waals surface area contributed by atoms with Gasteiger partial charge in [-0.1, -0.05) is 13.3 Å². The van der Waals surface area contributed by atoms with Crippen LogP contribution in [0.3, 0.4) is 0 Å². The van der Waals surface area contributed by atoms with Gasteiger partial charge in [0.1, 0.15) is 0 Å². The van der Waals surface area contributed by atoms with Crippen LogP contribution in [0.15, 0.2) is 0 Å². The Balaban J connectivity index is 1.78. The predicted molar refractivity (Wildman–Crippen MR) is 60.1 cm³/mol. The summed E-state index contributed by atoms with van der Waals surface area (Å²) in [6.45, 7) is 4.77. The van der Waals surface area contributed by atoms with Gasteiger partial charge in [-0.3, -0.25) is 4.79 Å². The molecule has 0 heterocycles. The van der Waals surface area contributed by atoms with Crippen LogP contribution in [0.1, 0.15) is 33.1 Å². The lowest BCUT2D eigenvalue weighted by Gasteiger charge is -2.20. The molecule has 2 aliphatic carbocycles. The van der Waals surface area contributed by atoms with Crippen LogP contribution in [0.25, 0.3) is 0 Å². The van der Waals surface area contributed by atoms with Gasteiger partial charge in [0.25, 0.3) is 0 Å². The second-order valence-electron chi connectivity index (χ2n) is 5.29. The van der Waals surface area contributed by atoms with Crippen LogP contribution in [0.4, 0.5) is 0 Å². The number of carbonyl (C=O) groups excluding carboxylic acids is 1. The monoisotopic (exact) mass is 210 g/mol. The summed E-state index contributed by atoms with van der Waals surface area (Å²) in [5.41, 5.74) is 5.58. The number of nitrogens with one attached hydrogen (secondary N) is 1. The fourth-order valence-electron chi connectivity index (χ4n) is 2.88. The first-order chi connectivity index (χ1) is 7.15. The summed E-state index contributed by atoms with van der Waals surface area (Å²) >= 11 is 0. The van der Waals surface area contributed by atoms with Gasteiger partial charge in [-0.15, -0.1) is 0 Å². The molecule has 1 amide bonds. The molecule has 3 N–H and O–H groups in total. The van der Waals surface area contributed by atoms with E-state index in [9.17, 15) is 4.79 Å². The highest BCUT2D eigenvalue weighted by Crippen LogP contribution is 2.57. The van der Waals surface area contributed by atoms with E-state index in [1.54, 1.807) is 0 Å². The van der Waals surface area contributed by atoms with Crippen LogP contribution >= 0.6 is 0 Å². The van der Waals surface area contributed by atoms with Crippen molar-refractivity contribution in [1.82, 2.24) is 5.32 Å². The largest absolute Gasteiger partial charge is 0.353 e. The molecule has 0 aromatic carbocycles. The highest BCUT2D eigenvalue weighted by atomic mass is 16.2. The summed E-state index contributed by atoms with van der Waals surface area (Å²) in [7, 11) is 0. The van der Waals surface area contributed by atoms with Crippen LogP contribution in [0, 0.1) is 23.7 Å². The summed E-state index contributed by atoms with van der Waals surface area (Å²) in [6, 6.07) is 0.212. The van der Waals surface area contributed by atoms with E-state index < -0.39 is 0 Å². The summed E-state index contributed by atoms with van der Waals surface area (Å²) in [6.07, 6.45) is 3.86. The number of fused-ring (bicyclic) bond motifs is 1. The van der Waals surface area contributed by atoms with Crippen LogP contribution in [-0.4, -0.2) is 18.5 Å². The molecule has 0 aromatic heterocycles. The van der Waals surface area contributed by atoms with E-state index >= 15 is 0 Å². The molecule has 0 saturated heterocycles. The average Bonchev–Trinajstić information content (AvgIpc) is 2.72. The third-order valence-corrected chi connectivity index (χ3v) is 4.30. The fraction of sp³-hybridized carbons (Fsp3) is 0.917. The Morgan fingerprint density at radius 1 is 1.40 bits per heavy atom. The van der Waals surface area contributed by atoms with Gasteiger partial charge in [0.2, 0.25) is 5.91 Å². The molecular weight excluding hydrogens is 188 g/mol. The smallest absolute Gasteiger partial charge is 0.223 e. The zero-order valence-electron chi connectivity index (χ0n) is 9.70. The Labute approximate surface area is 91.8 Å². The molecule has 0 aromatic rings. The highest BCUT2D eigenvalue weighted by molar-refractivity contribution is 5.82. The van der Waals surface area contributed by atoms with Gasteiger partial charge in [0.15, 0.2) is 0 Å². The Morgan fingerprint density at radius 3 is 2.53 bits per heavy atom. The molecule has 4 unspecified atom stereocenters. The first-order valence-corrected chi connectivity index (χ1v) is 6.15. The first kappa shape index (κ1) is 10.9. The molecule has 0 radical (unpaired) electrons. The Kier molecular flexibility index (Phi) is 3.01. The zero-order valence-corrected chi connectivity index (χ0v) is 9.70. The van der Waals surface area contributed by atoms with Gasteiger partial charge >= 0.3 is 0 Å². The fourth-order valence-corrected chi connectivity index (χ4v) is 2.88. The second-order valence-corrected chi connectivity index (χ2v) is 5.29. The second kappa shape index (κ2) is 4.12. The molecule has 2 rings (SSSR count). The van der Waals surface area contributed by atoms with Crippen molar-refractivity contribution >= 4 is 5.91 Å². The van der Waals surface area contributed by atoms with E-state index in [-0.39, 0.29) is 11.9 Å². The molecule has 0 bridgehead atoms. The topological polar surface area (TPSA) is 55.1 Å². The van der Waals surface area contributed by atoms with Crippen LogP contribution in [-0.2, 0) is 4.79 Å². The van der Waals surface area contributed by atoms with E-state index in [1.807, 2.05) is 6.92 Å². The maximum atomic E-state index is 11.9. The van der Waals surface area contributed by atoms with Crippen molar-refractivity contribution in [3.63, 3.8) is 0 Å². The molecule has 86 valence electrons. The minimum Gasteiger partial charge on any atom is -0.353 e. The van der Waals surface area contributed by atoms with Gasteiger partial charge < -0.3 is 11.1 Å². The van der Waals surface area contributed by atoms with Crippen LogP contribution in [0.5, 0.6) is 0 Å². The zero-order chi connectivity index (χ0) is 11.0. The van der Waals surface area contributed by atoms with Gasteiger partial charge in [0, 0.05) is 12.0 Å². The lowest BCUT2D eigenvalue weighted by atomic mass is 10.0. The number of nitrogens with two attached hydrogens (primary N) is 1. The first-order valence-electron chi connectivity index (χ1n) is 6.15. The minimum atomic E-state index is 0.212. The average molecular weight is 210 g/mol. The number of carbonyl (C=O) groups is 1. The number of rotatable bonds is 4. The van der Waals surface area contributed by atoms with Gasteiger partial charge in [-0.05, 0) is 44.1 Å². The van der Waals surface area contributed by atoms with Crippen molar-refractivity contribution in [3.8, 4) is 0 Å². The lowest BCUT2D eigenvalue weighted by molar-refractivity contribution is -0.124. The van der Waals surface area contributed by atoms with E-state index in [4.69, 9.17) is 5.73 Å². The normalized spacial score (nSPS) is 36.9. The quantitative estimate of drug-likeness (QED) is 0.731. The lowest BCUT2D eigenvalue weighted by Crippen LogP contribution is -2.41. The Bertz CT molecular complexity index is 244. The van der Waals surface area contributed by atoms with E-state index in [2.05, 4.69) is 12.2 Å². The van der Waals surface area contributed by atoms with E-state index in [0.29, 0.717) is 30.2 Å². The molecule has 3 heteroatoms. The maximum absolute atomic E-state index is 11.9. The van der Waals surface area contributed by atoms with Crippen molar-refractivity contribution in [2.75, 3.05) is 6.54 Å². The highest BCUT2D eigenvalue weighted by Gasteiger charge is 2.56. The van der Waals surface area contributed by atoms with Crippen molar-refractivity contribution in [2.24, 2.45) is 29.4 Å². The van der Waals surface area contributed by atoms with E-state index in [0.717, 1.165) is 0 Å². The SMILES string of the molecule is CC(CN)C(C)NC(=O)C1C2CCCC21. The van der Waals surface area contributed by atoms with Crippen molar-refractivity contribution in [1.29, 1.82) is 0 Å². The van der Waals surface area contributed by atoms with Crippen LogP contribution < -0.4 is 11.1 Å². The Hall–Kier alpha value is -0.570. The number of hydrogen-bond donors (Lipinski definition) is 2. The molecule has 0 aliphatic heterocycles. The number of hydrogen-bond acceptors (Lipinski definition) is 2.